The quantitative estimate of drug-likeness (QED) is 0.468. The largest absolute Gasteiger partial charge is 0.317 e. The molecular weight excluding hydrogens is 244 g/mol. The van der Waals surface area contributed by atoms with Gasteiger partial charge in [-0.15, -0.1) is 11.8 Å². The molecule has 1 aromatic carbocycles. The molecule has 0 aliphatic carbocycles. The molecule has 1 heterocycles. The lowest BCUT2D eigenvalue weighted by Crippen LogP contribution is -2.40. The average Bonchev–Trinajstić information content (AvgIpc) is 2.45. The molecule has 0 radical (unpaired) electrons. The fourth-order valence-electron chi connectivity index (χ4n) is 2.16. The molecule has 1 aromatic rings. The smallest absolute Gasteiger partial charge is 0.151 e. The van der Waals surface area contributed by atoms with E-state index >= 15 is 0 Å². The minimum atomic E-state index is 0.660. The van der Waals surface area contributed by atoms with Crippen molar-refractivity contribution in [2.75, 3.05) is 25.4 Å². The molecule has 0 amide bonds. The van der Waals surface area contributed by atoms with E-state index in [2.05, 4.69) is 10.6 Å². The first-order valence-corrected chi connectivity index (χ1v) is 7.50. The van der Waals surface area contributed by atoms with Gasteiger partial charge in [-0.3, -0.25) is 4.79 Å². The molecule has 2 rings (SSSR count). The molecule has 0 unspecified atom stereocenters. The van der Waals surface area contributed by atoms with Gasteiger partial charge >= 0.3 is 0 Å². The molecule has 1 fully saturated rings. The van der Waals surface area contributed by atoms with Gasteiger partial charge in [0, 0.05) is 28.8 Å². The van der Waals surface area contributed by atoms with Crippen LogP contribution in [-0.4, -0.2) is 37.7 Å². The Morgan fingerprint density at radius 1 is 1.33 bits per heavy atom. The van der Waals surface area contributed by atoms with Crippen LogP contribution in [0.1, 0.15) is 23.2 Å². The number of thioether (sulfide) groups is 1. The highest BCUT2D eigenvalue weighted by Gasteiger charge is 2.11. The van der Waals surface area contributed by atoms with Crippen molar-refractivity contribution in [3.8, 4) is 0 Å². The first kappa shape index (κ1) is 13.6. The fraction of sp³-hybridized carbons (Fsp3) is 0.500. The number of hydrogen-bond donors (Lipinski definition) is 2. The van der Waals surface area contributed by atoms with Crippen molar-refractivity contribution in [3.05, 3.63) is 29.8 Å². The molecule has 1 aliphatic rings. The van der Waals surface area contributed by atoms with E-state index in [9.17, 15) is 4.79 Å². The maximum absolute atomic E-state index is 10.9. The van der Waals surface area contributed by atoms with Gasteiger partial charge in [0.15, 0.2) is 6.29 Å². The van der Waals surface area contributed by atoms with Crippen molar-refractivity contribution in [2.24, 2.45) is 0 Å². The fourth-order valence-corrected chi connectivity index (χ4v) is 3.06. The van der Waals surface area contributed by atoms with Crippen LogP contribution in [0.15, 0.2) is 29.2 Å². The lowest BCUT2D eigenvalue weighted by atomic mass is 10.1. The van der Waals surface area contributed by atoms with Crippen molar-refractivity contribution in [1.82, 2.24) is 10.6 Å². The van der Waals surface area contributed by atoms with Gasteiger partial charge in [0.25, 0.3) is 0 Å². The van der Waals surface area contributed by atoms with Crippen molar-refractivity contribution in [3.63, 3.8) is 0 Å². The molecule has 1 aliphatic heterocycles. The second-order valence-electron chi connectivity index (χ2n) is 4.48. The van der Waals surface area contributed by atoms with Gasteiger partial charge < -0.3 is 10.6 Å². The number of carbonyl (C=O) groups is 1. The number of aldehydes is 1. The van der Waals surface area contributed by atoms with Crippen LogP contribution in [0, 0.1) is 0 Å². The zero-order valence-corrected chi connectivity index (χ0v) is 11.3. The Hall–Kier alpha value is -0.840. The van der Waals surface area contributed by atoms with Crippen LogP contribution in [0.4, 0.5) is 0 Å². The Bertz CT molecular complexity index is 378. The highest BCUT2D eigenvalue weighted by atomic mass is 32.2. The van der Waals surface area contributed by atoms with Crippen molar-refractivity contribution in [2.45, 2.75) is 23.8 Å². The van der Waals surface area contributed by atoms with Crippen LogP contribution in [0.5, 0.6) is 0 Å². The normalized spacial score (nSPS) is 16.7. The third-order valence-electron chi connectivity index (χ3n) is 3.18. The van der Waals surface area contributed by atoms with Crippen LogP contribution in [0.3, 0.4) is 0 Å². The van der Waals surface area contributed by atoms with E-state index in [0.29, 0.717) is 6.04 Å². The van der Waals surface area contributed by atoms with Crippen LogP contribution < -0.4 is 10.6 Å². The molecule has 2 N–H and O–H groups in total. The molecular formula is C14H20N2OS. The molecule has 0 spiro atoms. The summed E-state index contributed by atoms with van der Waals surface area (Å²) in [6, 6.07) is 8.43. The van der Waals surface area contributed by atoms with E-state index in [1.165, 1.54) is 12.8 Å². The second kappa shape index (κ2) is 7.56. The van der Waals surface area contributed by atoms with Gasteiger partial charge in [-0.05, 0) is 32.0 Å². The summed E-state index contributed by atoms with van der Waals surface area (Å²) in [4.78, 5) is 12.0. The third-order valence-corrected chi connectivity index (χ3v) is 4.27. The molecule has 0 bridgehead atoms. The Balaban J connectivity index is 1.69. The Kier molecular flexibility index (Phi) is 5.71. The van der Waals surface area contributed by atoms with Gasteiger partial charge in [-0.1, -0.05) is 18.2 Å². The predicted molar refractivity (Wildman–Crippen MR) is 76.4 cm³/mol. The lowest BCUT2D eigenvalue weighted by Gasteiger charge is -2.23. The van der Waals surface area contributed by atoms with E-state index in [4.69, 9.17) is 0 Å². The first-order valence-electron chi connectivity index (χ1n) is 6.51. The number of piperidine rings is 1. The summed E-state index contributed by atoms with van der Waals surface area (Å²) in [7, 11) is 0. The van der Waals surface area contributed by atoms with Crippen LogP contribution in [-0.2, 0) is 0 Å². The summed E-state index contributed by atoms with van der Waals surface area (Å²) in [5.74, 6) is 1.01. The lowest BCUT2D eigenvalue weighted by molar-refractivity contribution is 0.112. The number of hydrogen-bond acceptors (Lipinski definition) is 4. The first-order chi connectivity index (χ1) is 8.90. The van der Waals surface area contributed by atoms with Gasteiger partial charge in [0.05, 0.1) is 0 Å². The zero-order valence-electron chi connectivity index (χ0n) is 10.5. The predicted octanol–water partition coefficient (Wildman–Crippen LogP) is 1.93. The standard InChI is InChI=1S/C14H20N2OS/c17-11-12-3-1-2-4-14(12)18-10-9-16-13-5-7-15-8-6-13/h1-4,11,13,15-16H,5-10H2. The monoisotopic (exact) mass is 264 g/mol. The van der Waals surface area contributed by atoms with Crippen LogP contribution in [0.2, 0.25) is 0 Å². The summed E-state index contributed by atoms with van der Waals surface area (Å²) < 4.78 is 0. The van der Waals surface area contributed by atoms with Gasteiger partial charge in [0.1, 0.15) is 0 Å². The van der Waals surface area contributed by atoms with Crippen LogP contribution >= 0.6 is 11.8 Å². The molecule has 18 heavy (non-hydrogen) atoms. The average molecular weight is 264 g/mol. The molecule has 0 aromatic heterocycles. The molecule has 0 atom stereocenters. The SMILES string of the molecule is O=Cc1ccccc1SCCNC1CCNCC1. The molecule has 4 heteroatoms. The van der Waals surface area contributed by atoms with E-state index in [1.807, 2.05) is 24.3 Å². The van der Waals surface area contributed by atoms with Crippen molar-refractivity contribution >= 4 is 18.0 Å². The van der Waals surface area contributed by atoms with Gasteiger partial charge in [0.2, 0.25) is 0 Å². The summed E-state index contributed by atoms with van der Waals surface area (Å²) in [5.41, 5.74) is 0.796. The highest BCUT2D eigenvalue weighted by Crippen LogP contribution is 2.20. The van der Waals surface area contributed by atoms with Gasteiger partial charge in [-0.25, -0.2) is 0 Å². The van der Waals surface area contributed by atoms with Crippen LogP contribution in [0.25, 0.3) is 0 Å². The number of carbonyl (C=O) groups excluding carboxylic acids is 1. The van der Waals surface area contributed by atoms with E-state index in [-0.39, 0.29) is 0 Å². The van der Waals surface area contributed by atoms with E-state index in [0.717, 1.165) is 42.1 Å². The maximum atomic E-state index is 10.9. The molecule has 1 saturated heterocycles. The Labute approximate surface area is 113 Å². The summed E-state index contributed by atoms with van der Waals surface area (Å²) in [6.45, 7) is 3.25. The topological polar surface area (TPSA) is 41.1 Å². The Morgan fingerprint density at radius 2 is 2.11 bits per heavy atom. The van der Waals surface area contributed by atoms with Crippen molar-refractivity contribution < 1.29 is 4.79 Å². The maximum Gasteiger partial charge on any atom is 0.151 e. The Morgan fingerprint density at radius 3 is 2.89 bits per heavy atom. The summed E-state index contributed by atoms with van der Waals surface area (Å²) >= 11 is 1.75. The molecule has 0 saturated carbocycles. The number of nitrogens with one attached hydrogen (secondary N) is 2. The molecule has 3 nitrogen and oxygen atoms in total. The minimum absolute atomic E-state index is 0.660. The molecule has 98 valence electrons. The van der Waals surface area contributed by atoms with Crippen molar-refractivity contribution in [1.29, 1.82) is 0 Å². The minimum Gasteiger partial charge on any atom is -0.317 e. The van der Waals surface area contributed by atoms with E-state index in [1.54, 1.807) is 11.8 Å². The third kappa shape index (κ3) is 4.12. The van der Waals surface area contributed by atoms with E-state index < -0.39 is 0 Å². The van der Waals surface area contributed by atoms with Gasteiger partial charge in [-0.2, -0.15) is 0 Å². The number of benzene rings is 1. The highest BCUT2D eigenvalue weighted by molar-refractivity contribution is 7.99. The summed E-state index contributed by atoms with van der Waals surface area (Å²) in [6.07, 6.45) is 3.37. The summed E-state index contributed by atoms with van der Waals surface area (Å²) in [5, 5.41) is 6.94. The number of rotatable bonds is 6. The zero-order chi connectivity index (χ0) is 12.6. The second-order valence-corrected chi connectivity index (χ2v) is 5.62.